The summed E-state index contributed by atoms with van der Waals surface area (Å²) in [6.07, 6.45) is 0.420. The number of nitrogens with one attached hydrogen (secondary N) is 1. The fourth-order valence-electron chi connectivity index (χ4n) is 2.11. The van der Waals surface area contributed by atoms with Crippen molar-refractivity contribution in [1.29, 1.82) is 0 Å². The molecule has 28 heavy (non-hydrogen) atoms. The Morgan fingerprint density at radius 1 is 1.39 bits per heavy atom. The summed E-state index contributed by atoms with van der Waals surface area (Å²) < 4.78 is 29.3. The first-order chi connectivity index (χ1) is 12.6. The number of halogens is 1. The van der Waals surface area contributed by atoms with Gasteiger partial charge in [-0.3, -0.25) is 10.1 Å². The molecule has 0 saturated carbocycles. The molecule has 160 valence electrons. The first-order valence-electron chi connectivity index (χ1n) is 8.62. The van der Waals surface area contributed by atoms with Gasteiger partial charge >= 0.3 is 0 Å². The lowest BCUT2D eigenvalue weighted by atomic mass is 10.2. The molecule has 0 aliphatic carbocycles. The molecule has 0 amide bonds. The number of nitrogens with two attached hydrogens (primary N) is 1. The van der Waals surface area contributed by atoms with Crippen LogP contribution in [-0.4, -0.2) is 46.0 Å². The lowest BCUT2D eigenvalue weighted by Gasteiger charge is -2.36. The highest BCUT2D eigenvalue weighted by Crippen LogP contribution is 2.37. The number of nitrogens with zero attached hydrogens (tertiary/aromatic N) is 1. The standard InChI is InChI=1S/C16H28BrN3O6SSi/c1-16(2,3)28(4,5)26-7-6-11(10-21)19-15-13(17)8-12(27(18,24)25)9-14(15)20(22)23/h8-9,11,19,21H,6-7,10H2,1-5H3,(H2,18,24,25). The zero-order chi connectivity index (χ0) is 21.9. The molecule has 0 spiro atoms. The van der Waals surface area contributed by atoms with Crippen molar-refractivity contribution in [3.8, 4) is 0 Å². The molecule has 1 rings (SSSR count). The van der Waals surface area contributed by atoms with Crippen molar-refractivity contribution in [2.75, 3.05) is 18.5 Å². The van der Waals surface area contributed by atoms with Crippen molar-refractivity contribution in [3.05, 3.63) is 26.7 Å². The van der Waals surface area contributed by atoms with Crippen LogP contribution in [0.4, 0.5) is 11.4 Å². The summed E-state index contributed by atoms with van der Waals surface area (Å²) in [6.45, 7) is 10.7. The van der Waals surface area contributed by atoms with Gasteiger partial charge in [-0.05, 0) is 46.5 Å². The van der Waals surface area contributed by atoms with Crippen LogP contribution >= 0.6 is 15.9 Å². The number of aliphatic hydroxyl groups excluding tert-OH is 1. The minimum atomic E-state index is -4.10. The van der Waals surface area contributed by atoms with E-state index in [9.17, 15) is 23.6 Å². The largest absolute Gasteiger partial charge is 0.417 e. The Balaban J connectivity index is 3.03. The van der Waals surface area contributed by atoms with E-state index >= 15 is 0 Å². The van der Waals surface area contributed by atoms with Crippen LogP contribution in [0.15, 0.2) is 21.5 Å². The second kappa shape index (κ2) is 9.18. The third-order valence-corrected chi connectivity index (χ3v) is 10.9. The SMILES string of the molecule is CC(C)(C)[Si](C)(C)OCCC(CO)Nc1c(Br)cc(S(N)(=O)=O)cc1[N+](=O)[O-]. The number of anilines is 1. The number of nitro groups is 1. The average Bonchev–Trinajstić information content (AvgIpc) is 2.52. The van der Waals surface area contributed by atoms with Crippen LogP contribution in [0.5, 0.6) is 0 Å². The van der Waals surface area contributed by atoms with Crippen LogP contribution in [-0.2, 0) is 14.4 Å². The fourth-order valence-corrected chi connectivity index (χ4v) is 4.44. The maximum absolute atomic E-state index is 11.5. The van der Waals surface area contributed by atoms with Crippen molar-refractivity contribution < 1.29 is 22.9 Å². The van der Waals surface area contributed by atoms with E-state index in [1.54, 1.807) is 0 Å². The lowest BCUT2D eigenvalue weighted by molar-refractivity contribution is -0.384. The summed E-state index contributed by atoms with van der Waals surface area (Å²) >= 11 is 3.15. The molecule has 1 aromatic carbocycles. The van der Waals surface area contributed by atoms with E-state index in [0.717, 1.165) is 6.07 Å². The third-order valence-electron chi connectivity index (χ3n) is 4.87. The van der Waals surface area contributed by atoms with Crippen LogP contribution < -0.4 is 10.5 Å². The molecule has 12 heteroatoms. The van der Waals surface area contributed by atoms with Gasteiger partial charge in [0.05, 0.1) is 22.5 Å². The topological polar surface area (TPSA) is 145 Å². The van der Waals surface area contributed by atoms with Gasteiger partial charge in [-0.1, -0.05) is 20.8 Å². The van der Waals surface area contributed by atoms with Crippen molar-refractivity contribution in [3.63, 3.8) is 0 Å². The van der Waals surface area contributed by atoms with Gasteiger partial charge in [0.15, 0.2) is 8.32 Å². The molecule has 0 fully saturated rings. The number of nitro benzene ring substituents is 1. The number of hydrogen-bond donors (Lipinski definition) is 3. The van der Waals surface area contributed by atoms with Gasteiger partial charge in [0, 0.05) is 17.1 Å². The quantitative estimate of drug-likeness (QED) is 0.269. The Morgan fingerprint density at radius 2 is 1.96 bits per heavy atom. The smallest absolute Gasteiger partial charge is 0.294 e. The summed E-state index contributed by atoms with van der Waals surface area (Å²) in [4.78, 5) is 10.3. The number of primary sulfonamides is 1. The van der Waals surface area contributed by atoms with Gasteiger partial charge in [0.2, 0.25) is 10.0 Å². The van der Waals surface area contributed by atoms with Crippen molar-refractivity contribution in [2.45, 2.75) is 56.3 Å². The number of benzene rings is 1. The van der Waals surface area contributed by atoms with E-state index in [1.807, 2.05) is 0 Å². The molecule has 9 nitrogen and oxygen atoms in total. The number of rotatable bonds is 9. The Bertz CT molecular complexity index is 826. The molecule has 0 radical (unpaired) electrons. The first-order valence-corrected chi connectivity index (χ1v) is 13.9. The molecular formula is C16H28BrN3O6SSi. The normalized spacial score (nSPS) is 14.0. The van der Waals surface area contributed by atoms with E-state index < -0.39 is 35.0 Å². The summed E-state index contributed by atoms with van der Waals surface area (Å²) in [5.74, 6) is 0. The fraction of sp³-hybridized carbons (Fsp3) is 0.625. The van der Waals surface area contributed by atoms with Crippen LogP contribution in [0.3, 0.4) is 0 Å². The summed E-state index contributed by atoms with van der Waals surface area (Å²) in [5.41, 5.74) is -0.383. The second-order valence-corrected chi connectivity index (χ2v) is 15.2. The van der Waals surface area contributed by atoms with Crippen LogP contribution in [0, 0.1) is 10.1 Å². The highest BCUT2D eigenvalue weighted by Gasteiger charge is 2.37. The molecule has 1 aromatic rings. The van der Waals surface area contributed by atoms with Gasteiger partial charge in [-0.2, -0.15) is 0 Å². The van der Waals surface area contributed by atoms with Crippen LogP contribution in [0.2, 0.25) is 18.1 Å². The zero-order valence-electron chi connectivity index (χ0n) is 16.7. The van der Waals surface area contributed by atoms with E-state index in [4.69, 9.17) is 9.56 Å². The Labute approximate surface area is 175 Å². The molecule has 1 unspecified atom stereocenters. The molecule has 0 bridgehead atoms. The summed E-state index contributed by atoms with van der Waals surface area (Å²) in [7, 11) is -6.06. The highest BCUT2D eigenvalue weighted by molar-refractivity contribution is 9.10. The lowest BCUT2D eigenvalue weighted by Crippen LogP contribution is -2.41. The Morgan fingerprint density at radius 3 is 2.39 bits per heavy atom. The van der Waals surface area contributed by atoms with Gasteiger partial charge in [-0.15, -0.1) is 0 Å². The van der Waals surface area contributed by atoms with E-state index in [0.29, 0.717) is 13.0 Å². The van der Waals surface area contributed by atoms with Gasteiger partial charge in [0.25, 0.3) is 5.69 Å². The molecule has 1 atom stereocenters. The second-order valence-electron chi connectivity index (χ2n) is 8.02. The maximum atomic E-state index is 11.5. The van der Waals surface area contributed by atoms with Gasteiger partial charge in [0.1, 0.15) is 5.69 Å². The molecule has 0 aliphatic heterocycles. The van der Waals surface area contributed by atoms with Crippen LogP contribution in [0.1, 0.15) is 27.2 Å². The predicted molar refractivity (Wildman–Crippen MR) is 114 cm³/mol. The summed E-state index contributed by atoms with van der Waals surface area (Å²) in [5, 5.41) is 29.1. The molecule has 0 aliphatic rings. The molecule has 0 saturated heterocycles. The van der Waals surface area contributed by atoms with Crippen molar-refractivity contribution in [1.82, 2.24) is 0 Å². The average molecular weight is 498 g/mol. The number of hydrogen-bond acceptors (Lipinski definition) is 7. The molecule has 0 heterocycles. The van der Waals surface area contributed by atoms with Crippen molar-refractivity contribution >= 4 is 45.6 Å². The van der Waals surface area contributed by atoms with Gasteiger partial charge < -0.3 is 14.8 Å². The minimum absolute atomic E-state index is 0.0422. The highest BCUT2D eigenvalue weighted by atomic mass is 79.9. The molecule has 4 N–H and O–H groups in total. The third kappa shape index (κ3) is 6.49. The van der Waals surface area contributed by atoms with Crippen molar-refractivity contribution in [2.24, 2.45) is 5.14 Å². The Kier molecular flexibility index (Phi) is 8.19. The maximum Gasteiger partial charge on any atom is 0.294 e. The predicted octanol–water partition coefficient (Wildman–Crippen LogP) is 3.19. The Hall–Kier alpha value is -1.05. The van der Waals surface area contributed by atoms with Gasteiger partial charge in [-0.25, -0.2) is 13.6 Å². The summed E-state index contributed by atoms with van der Waals surface area (Å²) in [6, 6.07) is 1.56. The zero-order valence-corrected chi connectivity index (χ0v) is 20.1. The molecule has 0 aromatic heterocycles. The minimum Gasteiger partial charge on any atom is -0.417 e. The monoisotopic (exact) mass is 497 g/mol. The van der Waals surface area contributed by atoms with E-state index in [-0.39, 0.29) is 26.7 Å². The van der Waals surface area contributed by atoms with Crippen LogP contribution in [0.25, 0.3) is 0 Å². The number of sulfonamides is 1. The van der Waals surface area contributed by atoms with E-state index in [2.05, 4.69) is 55.1 Å². The molecular weight excluding hydrogens is 470 g/mol. The first kappa shape index (κ1) is 25.0. The van der Waals surface area contributed by atoms with E-state index in [1.165, 1.54) is 6.07 Å². The number of aliphatic hydroxyl groups is 1.